The van der Waals surface area contributed by atoms with E-state index in [0.29, 0.717) is 42.3 Å². The predicted octanol–water partition coefficient (Wildman–Crippen LogP) is 3.50. The molecule has 7 heteroatoms. The number of anilines is 1. The Bertz CT molecular complexity index is 952. The Hall–Kier alpha value is -2.70. The standard InChI is InChI=1S/C22H21ClN2O4/c23-20-16(2-1-3-17(20)18-8-9-19(26)25-22(18)28)13-4-6-15(7-5-13)24-21(27)14-10-11-29-12-14/h1-7,14,18H,8-12H2,(H,24,27)(H,25,26,28). The summed E-state index contributed by atoms with van der Waals surface area (Å²) in [4.78, 5) is 35.9. The Morgan fingerprint density at radius 2 is 1.90 bits per heavy atom. The molecule has 2 aromatic rings. The first-order chi connectivity index (χ1) is 14.0. The second-order valence-electron chi connectivity index (χ2n) is 7.34. The highest BCUT2D eigenvalue weighted by molar-refractivity contribution is 6.34. The molecule has 0 saturated carbocycles. The average Bonchev–Trinajstić information content (AvgIpc) is 3.25. The van der Waals surface area contributed by atoms with Crippen molar-refractivity contribution in [3.8, 4) is 11.1 Å². The van der Waals surface area contributed by atoms with E-state index in [0.717, 1.165) is 17.5 Å². The zero-order chi connectivity index (χ0) is 20.4. The van der Waals surface area contributed by atoms with Crippen LogP contribution in [-0.2, 0) is 19.1 Å². The van der Waals surface area contributed by atoms with E-state index in [9.17, 15) is 14.4 Å². The normalized spacial score (nSPS) is 21.7. The zero-order valence-electron chi connectivity index (χ0n) is 15.7. The zero-order valence-corrected chi connectivity index (χ0v) is 16.5. The van der Waals surface area contributed by atoms with Crippen molar-refractivity contribution in [2.24, 2.45) is 5.92 Å². The molecular weight excluding hydrogens is 392 g/mol. The third-order valence-corrected chi connectivity index (χ3v) is 5.83. The first-order valence-corrected chi connectivity index (χ1v) is 10.0. The van der Waals surface area contributed by atoms with E-state index < -0.39 is 5.92 Å². The second-order valence-corrected chi connectivity index (χ2v) is 7.72. The fraction of sp³-hybridized carbons (Fsp3) is 0.318. The fourth-order valence-electron chi connectivity index (χ4n) is 3.75. The number of hydrogen-bond acceptors (Lipinski definition) is 4. The topological polar surface area (TPSA) is 84.5 Å². The van der Waals surface area contributed by atoms with E-state index >= 15 is 0 Å². The van der Waals surface area contributed by atoms with Gasteiger partial charge in [-0.3, -0.25) is 19.7 Å². The number of halogens is 1. The Morgan fingerprint density at radius 1 is 1.10 bits per heavy atom. The van der Waals surface area contributed by atoms with Crippen LogP contribution in [0, 0.1) is 5.92 Å². The van der Waals surface area contributed by atoms with Crippen molar-refractivity contribution >= 4 is 35.0 Å². The molecule has 2 saturated heterocycles. The molecule has 2 heterocycles. The lowest BCUT2D eigenvalue weighted by molar-refractivity contribution is -0.134. The largest absolute Gasteiger partial charge is 0.381 e. The molecule has 0 aromatic heterocycles. The maximum atomic E-state index is 12.2. The van der Waals surface area contributed by atoms with Crippen LogP contribution in [0.3, 0.4) is 0 Å². The molecule has 4 rings (SSSR count). The van der Waals surface area contributed by atoms with Crippen LogP contribution in [0.2, 0.25) is 5.02 Å². The first kappa shape index (κ1) is 19.6. The van der Waals surface area contributed by atoms with Crippen molar-refractivity contribution in [2.75, 3.05) is 18.5 Å². The number of nitrogens with one attached hydrogen (secondary N) is 2. The summed E-state index contributed by atoms with van der Waals surface area (Å²) in [6.07, 6.45) is 1.49. The number of rotatable bonds is 4. The van der Waals surface area contributed by atoms with Crippen molar-refractivity contribution in [1.29, 1.82) is 0 Å². The SMILES string of the molecule is O=C1CCC(c2cccc(-c3ccc(NC(=O)C4CCOC4)cc3)c2Cl)C(=O)N1. The molecule has 2 aliphatic rings. The lowest BCUT2D eigenvalue weighted by Gasteiger charge is -2.23. The highest BCUT2D eigenvalue weighted by atomic mass is 35.5. The number of imide groups is 1. The number of carbonyl (C=O) groups is 3. The van der Waals surface area contributed by atoms with Gasteiger partial charge in [0.15, 0.2) is 0 Å². The molecule has 2 N–H and O–H groups in total. The summed E-state index contributed by atoms with van der Waals surface area (Å²) in [5, 5.41) is 5.79. The Labute approximate surface area is 173 Å². The Morgan fingerprint density at radius 3 is 2.59 bits per heavy atom. The molecule has 2 atom stereocenters. The van der Waals surface area contributed by atoms with Crippen LogP contribution < -0.4 is 10.6 Å². The summed E-state index contributed by atoms with van der Waals surface area (Å²) in [6.45, 7) is 1.09. The van der Waals surface area contributed by atoms with Crippen LogP contribution >= 0.6 is 11.6 Å². The van der Waals surface area contributed by atoms with E-state index in [2.05, 4.69) is 10.6 Å². The highest BCUT2D eigenvalue weighted by Crippen LogP contribution is 2.37. The average molecular weight is 413 g/mol. The summed E-state index contributed by atoms with van der Waals surface area (Å²) in [6, 6.07) is 13.0. The summed E-state index contributed by atoms with van der Waals surface area (Å²) in [5.74, 6) is -1.13. The van der Waals surface area contributed by atoms with Gasteiger partial charge in [0.2, 0.25) is 17.7 Å². The number of hydrogen-bond donors (Lipinski definition) is 2. The number of piperidine rings is 1. The lowest BCUT2D eigenvalue weighted by Crippen LogP contribution is -2.39. The summed E-state index contributed by atoms with van der Waals surface area (Å²) < 4.78 is 5.26. The van der Waals surface area contributed by atoms with Crippen LogP contribution in [0.15, 0.2) is 42.5 Å². The molecular formula is C22H21ClN2O4. The predicted molar refractivity (Wildman–Crippen MR) is 110 cm³/mol. The van der Waals surface area contributed by atoms with E-state index in [-0.39, 0.29) is 23.6 Å². The molecule has 2 fully saturated rings. The van der Waals surface area contributed by atoms with Crippen molar-refractivity contribution in [3.63, 3.8) is 0 Å². The number of amides is 3. The summed E-state index contributed by atoms with van der Waals surface area (Å²) in [5.41, 5.74) is 3.11. The Kier molecular flexibility index (Phi) is 5.65. The minimum absolute atomic E-state index is 0.0341. The van der Waals surface area contributed by atoms with Gasteiger partial charge < -0.3 is 10.1 Å². The molecule has 150 valence electrons. The van der Waals surface area contributed by atoms with Gasteiger partial charge in [-0.15, -0.1) is 0 Å². The van der Waals surface area contributed by atoms with Crippen molar-refractivity contribution in [2.45, 2.75) is 25.2 Å². The van der Waals surface area contributed by atoms with E-state index in [1.165, 1.54) is 0 Å². The maximum absolute atomic E-state index is 12.2. The number of carbonyl (C=O) groups excluding carboxylic acids is 3. The molecule has 2 aromatic carbocycles. The molecule has 0 radical (unpaired) electrons. The molecule has 2 aliphatic heterocycles. The highest BCUT2D eigenvalue weighted by Gasteiger charge is 2.30. The van der Waals surface area contributed by atoms with Crippen LogP contribution in [0.4, 0.5) is 5.69 Å². The van der Waals surface area contributed by atoms with Crippen LogP contribution in [-0.4, -0.2) is 30.9 Å². The van der Waals surface area contributed by atoms with E-state index in [1.54, 1.807) is 0 Å². The second kappa shape index (κ2) is 8.35. The van der Waals surface area contributed by atoms with Gasteiger partial charge in [-0.05, 0) is 36.1 Å². The van der Waals surface area contributed by atoms with Gasteiger partial charge in [-0.25, -0.2) is 0 Å². The molecule has 3 amide bonds. The van der Waals surface area contributed by atoms with Crippen LogP contribution in [0.1, 0.15) is 30.7 Å². The van der Waals surface area contributed by atoms with Gasteiger partial charge in [0.25, 0.3) is 0 Å². The third-order valence-electron chi connectivity index (χ3n) is 5.41. The third kappa shape index (κ3) is 4.18. The van der Waals surface area contributed by atoms with Crippen molar-refractivity contribution in [1.82, 2.24) is 5.32 Å². The van der Waals surface area contributed by atoms with Gasteiger partial charge >= 0.3 is 0 Å². The molecule has 2 unspecified atom stereocenters. The van der Waals surface area contributed by atoms with Crippen molar-refractivity contribution in [3.05, 3.63) is 53.1 Å². The quantitative estimate of drug-likeness (QED) is 0.753. The van der Waals surface area contributed by atoms with Gasteiger partial charge in [-0.1, -0.05) is 41.9 Å². The smallest absolute Gasteiger partial charge is 0.234 e. The molecule has 0 bridgehead atoms. The Balaban J connectivity index is 1.53. The van der Waals surface area contributed by atoms with Gasteiger partial charge in [-0.2, -0.15) is 0 Å². The maximum Gasteiger partial charge on any atom is 0.234 e. The van der Waals surface area contributed by atoms with Gasteiger partial charge in [0, 0.05) is 24.3 Å². The summed E-state index contributed by atoms with van der Waals surface area (Å²) in [7, 11) is 0. The first-order valence-electron chi connectivity index (χ1n) is 9.64. The van der Waals surface area contributed by atoms with Crippen LogP contribution in [0.5, 0.6) is 0 Å². The fourth-order valence-corrected chi connectivity index (χ4v) is 4.12. The minimum atomic E-state index is -0.438. The van der Waals surface area contributed by atoms with Gasteiger partial charge in [0.05, 0.1) is 23.5 Å². The minimum Gasteiger partial charge on any atom is -0.381 e. The lowest BCUT2D eigenvalue weighted by atomic mass is 9.88. The van der Waals surface area contributed by atoms with Crippen LogP contribution in [0.25, 0.3) is 11.1 Å². The molecule has 6 nitrogen and oxygen atoms in total. The molecule has 0 aliphatic carbocycles. The molecule has 0 spiro atoms. The van der Waals surface area contributed by atoms with E-state index in [1.807, 2.05) is 42.5 Å². The van der Waals surface area contributed by atoms with Gasteiger partial charge in [0.1, 0.15) is 0 Å². The van der Waals surface area contributed by atoms with Crippen molar-refractivity contribution < 1.29 is 19.1 Å². The molecule has 29 heavy (non-hydrogen) atoms. The summed E-state index contributed by atoms with van der Waals surface area (Å²) >= 11 is 6.64. The monoisotopic (exact) mass is 412 g/mol. The number of benzene rings is 2. The number of ether oxygens (including phenoxy) is 1. The van der Waals surface area contributed by atoms with E-state index in [4.69, 9.17) is 16.3 Å².